The summed E-state index contributed by atoms with van der Waals surface area (Å²) in [4.78, 5) is 8.53. The highest BCUT2D eigenvalue weighted by Gasteiger charge is 2.26. The van der Waals surface area contributed by atoms with E-state index >= 15 is 0 Å². The van der Waals surface area contributed by atoms with Crippen molar-refractivity contribution in [2.75, 3.05) is 16.6 Å². The van der Waals surface area contributed by atoms with Crippen molar-refractivity contribution in [2.45, 2.75) is 30.6 Å². The molecule has 0 unspecified atom stereocenters. The van der Waals surface area contributed by atoms with Crippen molar-refractivity contribution in [3.05, 3.63) is 29.4 Å². The minimum atomic E-state index is -3.63. The van der Waals surface area contributed by atoms with E-state index in [1.807, 2.05) is 12.3 Å². The van der Waals surface area contributed by atoms with Gasteiger partial charge in [0.1, 0.15) is 10.7 Å². The van der Waals surface area contributed by atoms with Gasteiger partial charge in [-0.25, -0.2) is 18.4 Å². The van der Waals surface area contributed by atoms with Crippen LogP contribution in [0.4, 0.5) is 10.9 Å². The molecule has 2 aromatic rings. The van der Waals surface area contributed by atoms with Crippen LogP contribution >= 0.6 is 11.3 Å². The fourth-order valence-electron chi connectivity index (χ4n) is 1.90. The predicted molar refractivity (Wildman–Crippen MR) is 83.3 cm³/mol. The normalized spacial score (nSPS) is 14.9. The summed E-state index contributed by atoms with van der Waals surface area (Å²) >= 11 is 1.32. The van der Waals surface area contributed by atoms with Gasteiger partial charge in [0.2, 0.25) is 0 Å². The molecule has 8 heteroatoms. The summed E-state index contributed by atoms with van der Waals surface area (Å²) in [6.07, 6.45) is 3.63. The first-order valence-electron chi connectivity index (χ1n) is 6.76. The lowest BCUT2D eigenvalue weighted by Gasteiger charge is -2.06. The molecule has 112 valence electrons. The van der Waals surface area contributed by atoms with Gasteiger partial charge in [0, 0.05) is 24.0 Å². The van der Waals surface area contributed by atoms with E-state index in [-0.39, 0.29) is 4.90 Å². The third-order valence-corrected chi connectivity index (χ3v) is 5.37. The van der Waals surface area contributed by atoms with E-state index in [9.17, 15) is 8.42 Å². The summed E-state index contributed by atoms with van der Waals surface area (Å²) in [6.45, 7) is 2.69. The van der Waals surface area contributed by atoms with Crippen molar-refractivity contribution in [3.8, 4) is 0 Å². The summed E-state index contributed by atoms with van der Waals surface area (Å²) in [6, 6.07) is 3.18. The lowest BCUT2D eigenvalue weighted by molar-refractivity contribution is 0.601. The quantitative estimate of drug-likeness (QED) is 0.853. The van der Waals surface area contributed by atoms with Gasteiger partial charge in [-0.2, -0.15) is 0 Å². The average molecular weight is 324 g/mol. The number of anilines is 2. The lowest BCUT2D eigenvalue weighted by Crippen LogP contribution is -2.13. The molecular formula is C13H16N4O2S2. The second-order valence-corrected chi connectivity index (χ2v) is 7.41. The Balaban J connectivity index is 1.75. The molecule has 0 amide bonds. The molecule has 2 heterocycles. The van der Waals surface area contributed by atoms with Crippen LogP contribution < -0.4 is 10.0 Å². The molecule has 1 aliphatic rings. The molecule has 0 spiro atoms. The van der Waals surface area contributed by atoms with Gasteiger partial charge in [-0.05, 0) is 31.9 Å². The Kier molecular flexibility index (Phi) is 3.81. The first-order chi connectivity index (χ1) is 10.1. The molecule has 0 atom stereocenters. The van der Waals surface area contributed by atoms with E-state index in [0.29, 0.717) is 16.9 Å². The molecule has 1 fully saturated rings. The Hall–Kier alpha value is -1.67. The summed E-state index contributed by atoms with van der Waals surface area (Å²) < 4.78 is 27.0. The summed E-state index contributed by atoms with van der Waals surface area (Å²) in [5, 5.41) is 5.35. The van der Waals surface area contributed by atoms with E-state index in [1.54, 1.807) is 6.07 Å². The lowest BCUT2D eigenvalue weighted by atomic mass is 10.3. The third-order valence-electron chi connectivity index (χ3n) is 3.14. The van der Waals surface area contributed by atoms with Gasteiger partial charge in [-0.3, -0.25) is 4.72 Å². The first kappa shape index (κ1) is 14.3. The molecule has 1 saturated carbocycles. The van der Waals surface area contributed by atoms with Gasteiger partial charge < -0.3 is 5.32 Å². The fourth-order valence-corrected chi connectivity index (χ4v) is 3.89. The number of nitrogens with one attached hydrogen (secondary N) is 2. The highest BCUT2D eigenvalue weighted by molar-refractivity contribution is 7.93. The van der Waals surface area contributed by atoms with Crippen LogP contribution in [-0.2, 0) is 10.0 Å². The minimum Gasteiger partial charge on any atom is -0.370 e. The van der Waals surface area contributed by atoms with E-state index in [4.69, 9.17) is 0 Å². The zero-order chi connectivity index (χ0) is 14.9. The van der Waals surface area contributed by atoms with Gasteiger partial charge in [0.25, 0.3) is 10.0 Å². The smallest absolute Gasteiger partial charge is 0.265 e. The molecule has 21 heavy (non-hydrogen) atoms. The molecule has 0 aliphatic heterocycles. The zero-order valence-electron chi connectivity index (χ0n) is 11.5. The molecule has 2 aromatic heterocycles. The van der Waals surface area contributed by atoms with Crippen molar-refractivity contribution >= 4 is 32.3 Å². The molecule has 0 aromatic carbocycles. The standard InChI is InChI=1S/C13H16N4O2S2/c1-2-14-12-6-5-10(7-15-12)21(18,19)17-13-16-11(8-20-13)9-3-4-9/h5-9H,2-4H2,1H3,(H,14,15)(H,16,17). The van der Waals surface area contributed by atoms with Crippen LogP contribution in [0.2, 0.25) is 0 Å². The maximum absolute atomic E-state index is 12.3. The maximum Gasteiger partial charge on any atom is 0.265 e. The molecule has 3 rings (SSSR count). The molecular weight excluding hydrogens is 308 g/mol. The first-order valence-corrected chi connectivity index (χ1v) is 9.13. The molecule has 1 aliphatic carbocycles. The predicted octanol–water partition coefficient (Wildman–Crippen LogP) is 2.65. The number of aromatic nitrogens is 2. The van der Waals surface area contributed by atoms with Crippen LogP contribution in [0.15, 0.2) is 28.6 Å². The van der Waals surface area contributed by atoms with Crippen LogP contribution in [0.25, 0.3) is 0 Å². The summed E-state index contributed by atoms with van der Waals surface area (Å²) in [5.41, 5.74) is 0.985. The molecule has 0 bridgehead atoms. The van der Waals surface area contributed by atoms with Crippen molar-refractivity contribution in [3.63, 3.8) is 0 Å². The Morgan fingerprint density at radius 2 is 2.19 bits per heavy atom. The second-order valence-electron chi connectivity index (χ2n) is 4.87. The second kappa shape index (κ2) is 5.61. The highest BCUT2D eigenvalue weighted by Crippen LogP contribution is 2.41. The average Bonchev–Trinajstić information content (AvgIpc) is 3.21. The van der Waals surface area contributed by atoms with Gasteiger partial charge in [-0.1, -0.05) is 0 Å². The summed E-state index contributed by atoms with van der Waals surface area (Å²) in [7, 11) is -3.63. The Bertz CT molecular complexity index is 721. The molecule has 0 radical (unpaired) electrons. The number of rotatable bonds is 6. The Labute approximate surface area is 127 Å². The maximum atomic E-state index is 12.3. The van der Waals surface area contributed by atoms with Crippen LogP contribution in [0, 0.1) is 0 Å². The number of hydrogen-bond donors (Lipinski definition) is 2. The van der Waals surface area contributed by atoms with Crippen molar-refractivity contribution in [1.82, 2.24) is 9.97 Å². The minimum absolute atomic E-state index is 0.132. The molecule has 6 nitrogen and oxygen atoms in total. The largest absolute Gasteiger partial charge is 0.370 e. The summed E-state index contributed by atoms with van der Waals surface area (Å²) in [5.74, 6) is 1.17. The van der Waals surface area contributed by atoms with Crippen LogP contribution in [0.3, 0.4) is 0 Å². The monoisotopic (exact) mass is 324 g/mol. The van der Waals surface area contributed by atoms with E-state index < -0.39 is 10.0 Å². The van der Waals surface area contributed by atoms with E-state index in [1.165, 1.54) is 23.6 Å². The topological polar surface area (TPSA) is 84.0 Å². The number of pyridine rings is 1. The zero-order valence-corrected chi connectivity index (χ0v) is 13.2. The number of hydrogen-bond acceptors (Lipinski definition) is 6. The van der Waals surface area contributed by atoms with Gasteiger partial charge in [-0.15, -0.1) is 11.3 Å². The highest BCUT2D eigenvalue weighted by atomic mass is 32.2. The Morgan fingerprint density at radius 3 is 2.81 bits per heavy atom. The van der Waals surface area contributed by atoms with E-state index in [0.717, 1.165) is 25.1 Å². The van der Waals surface area contributed by atoms with Gasteiger partial charge in [0.15, 0.2) is 5.13 Å². The number of nitrogens with zero attached hydrogens (tertiary/aromatic N) is 2. The van der Waals surface area contributed by atoms with Gasteiger partial charge in [0.05, 0.1) is 5.69 Å². The molecule has 2 N–H and O–H groups in total. The van der Waals surface area contributed by atoms with Crippen molar-refractivity contribution in [1.29, 1.82) is 0 Å². The number of sulfonamides is 1. The SMILES string of the molecule is CCNc1ccc(S(=O)(=O)Nc2nc(C3CC3)cs2)cn1. The van der Waals surface area contributed by atoms with Crippen LogP contribution in [0.5, 0.6) is 0 Å². The van der Waals surface area contributed by atoms with Gasteiger partial charge >= 0.3 is 0 Å². The molecule has 0 saturated heterocycles. The van der Waals surface area contributed by atoms with Crippen molar-refractivity contribution in [2.24, 2.45) is 0 Å². The number of thiazole rings is 1. The van der Waals surface area contributed by atoms with Crippen LogP contribution in [0.1, 0.15) is 31.4 Å². The van der Waals surface area contributed by atoms with Crippen molar-refractivity contribution < 1.29 is 8.42 Å². The third kappa shape index (κ3) is 3.33. The fraction of sp³-hybridized carbons (Fsp3) is 0.385. The Morgan fingerprint density at radius 1 is 1.38 bits per heavy atom. The van der Waals surface area contributed by atoms with E-state index in [2.05, 4.69) is 20.0 Å². The van der Waals surface area contributed by atoms with Crippen LogP contribution in [-0.4, -0.2) is 24.9 Å².